The molecule has 2 aromatic rings. The van der Waals surface area contributed by atoms with Gasteiger partial charge in [0.05, 0.1) is 19.9 Å². The highest BCUT2D eigenvalue weighted by Gasteiger charge is 2.17. The summed E-state index contributed by atoms with van der Waals surface area (Å²) in [7, 11) is 5.30. The molecule has 0 aromatic carbocycles. The molecule has 0 amide bonds. The van der Waals surface area contributed by atoms with E-state index in [1.54, 1.807) is 26.5 Å². The van der Waals surface area contributed by atoms with Gasteiger partial charge in [-0.2, -0.15) is 0 Å². The van der Waals surface area contributed by atoms with E-state index in [1.807, 2.05) is 31.4 Å². The number of rotatable bonds is 6. The van der Waals surface area contributed by atoms with Crippen molar-refractivity contribution >= 4 is 0 Å². The van der Waals surface area contributed by atoms with Gasteiger partial charge in [0.15, 0.2) is 11.5 Å². The van der Waals surface area contributed by atoms with Crippen molar-refractivity contribution in [3.63, 3.8) is 0 Å². The van der Waals surface area contributed by atoms with Crippen molar-refractivity contribution < 1.29 is 9.47 Å². The summed E-state index contributed by atoms with van der Waals surface area (Å²) in [5, 5.41) is 0. The van der Waals surface area contributed by atoms with Crippen molar-refractivity contribution in [3.05, 3.63) is 48.0 Å². The zero-order chi connectivity index (χ0) is 15.2. The molecule has 2 heterocycles. The zero-order valence-corrected chi connectivity index (χ0v) is 12.9. The maximum atomic E-state index is 5.42. The standard InChI is InChI=1S/C16H21N3O2/c1-12(13-7-5-6-9-17-13)19(2)11-14-16(21-4)15(20-3)8-10-18-14/h5-10,12H,11H2,1-4H3. The van der Waals surface area contributed by atoms with E-state index in [4.69, 9.17) is 9.47 Å². The van der Waals surface area contributed by atoms with Crippen LogP contribution in [0.4, 0.5) is 0 Å². The van der Waals surface area contributed by atoms with Crippen LogP contribution in [0.1, 0.15) is 24.4 Å². The van der Waals surface area contributed by atoms with E-state index in [0.717, 1.165) is 11.4 Å². The summed E-state index contributed by atoms with van der Waals surface area (Å²) >= 11 is 0. The highest BCUT2D eigenvalue weighted by atomic mass is 16.5. The fourth-order valence-corrected chi connectivity index (χ4v) is 2.19. The van der Waals surface area contributed by atoms with Crippen molar-refractivity contribution in [1.29, 1.82) is 0 Å². The third kappa shape index (κ3) is 3.49. The molecule has 0 aliphatic rings. The predicted molar refractivity (Wildman–Crippen MR) is 81.5 cm³/mol. The minimum Gasteiger partial charge on any atom is -0.493 e. The lowest BCUT2D eigenvalue weighted by Crippen LogP contribution is -2.23. The van der Waals surface area contributed by atoms with Gasteiger partial charge in [-0.1, -0.05) is 6.07 Å². The Morgan fingerprint density at radius 3 is 2.52 bits per heavy atom. The summed E-state index contributed by atoms with van der Waals surface area (Å²) in [6.07, 6.45) is 3.54. The minimum atomic E-state index is 0.184. The Bertz CT molecular complexity index is 575. The highest BCUT2D eigenvalue weighted by Crippen LogP contribution is 2.30. The van der Waals surface area contributed by atoms with E-state index < -0.39 is 0 Å². The van der Waals surface area contributed by atoms with Crippen LogP contribution in [0.2, 0.25) is 0 Å². The van der Waals surface area contributed by atoms with E-state index in [2.05, 4.69) is 21.8 Å². The predicted octanol–water partition coefficient (Wildman–Crippen LogP) is 2.69. The third-order valence-corrected chi connectivity index (χ3v) is 3.54. The molecule has 0 bridgehead atoms. The molecule has 1 atom stereocenters. The van der Waals surface area contributed by atoms with Gasteiger partial charge in [0.2, 0.25) is 0 Å². The van der Waals surface area contributed by atoms with Gasteiger partial charge in [0.25, 0.3) is 0 Å². The molecule has 0 N–H and O–H groups in total. The van der Waals surface area contributed by atoms with Crippen molar-refractivity contribution in [2.75, 3.05) is 21.3 Å². The fourth-order valence-electron chi connectivity index (χ4n) is 2.19. The van der Waals surface area contributed by atoms with Gasteiger partial charge in [0.1, 0.15) is 5.69 Å². The first-order valence-electron chi connectivity index (χ1n) is 6.84. The first kappa shape index (κ1) is 15.3. The fraction of sp³-hybridized carbons (Fsp3) is 0.375. The lowest BCUT2D eigenvalue weighted by atomic mass is 10.2. The molecule has 0 spiro atoms. The van der Waals surface area contributed by atoms with Gasteiger partial charge >= 0.3 is 0 Å². The van der Waals surface area contributed by atoms with Crippen LogP contribution in [0, 0.1) is 0 Å². The van der Waals surface area contributed by atoms with Crippen molar-refractivity contribution in [3.8, 4) is 11.5 Å². The molecule has 112 valence electrons. The second-order valence-electron chi connectivity index (χ2n) is 4.84. The topological polar surface area (TPSA) is 47.5 Å². The molecule has 21 heavy (non-hydrogen) atoms. The SMILES string of the molecule is COc1ccnc(CN(C)C(C)c2ccccn2)c1OC. The maximum absolute atomic E-state index is 5.42. The number of pyridine rings is 2. The number of hydrogen-bond acceptors (Lipinski definition) is 5. The Labute approximate surface area is 125 Å². The van der Waals surface area contributed by atoms with Gasteiger partial charge < -0.3 is 9.47 Å². The monoisotopic (exact) mass is 287 g/mol. The Balaban J connectivity index is 2.18. The zero-order valence-electron chi connectivity index (χ0n) is 12.9. The Kier molecular flexibility index (Phi) is 5.11. The van der Waals surface area contributed by atoms with Crippen LogP contribution in [0.3, 0.4) is 0 Å². The van der Waals surface area contributed by atoms with Gasteiger partial charge in [-0.15, -0.1) is 0 Å². The second-order valence-corrected chi connectivity index (χ2v) is 4.84. The first-order valence-corrected chi connectivity index (χ1v) is 6.84. The average molecular weight is 287 g/mol. The third-order valence-electron chi connectivity index (χ3n) is 3.54. The number of hydrogen-bond donors (Lipinski definition) is 0. The van der Waals surface area contributed by atoms with Crippen LogP contribution < -0.4 is 9.47 Å². The number of ether oxygens (including phenoxy) is 2. The summed E-state index contributed by atoms with van der Waals surface area (Å²) in [6.45, 7) is 2.77. The number of nitrogens with zero attached hydrogens (tertiary/aromatic N) is 3. The smallest absolute Gasteiger partial charge is 0.183 e. The van der Waals surface area contributed by atoms with E-state index in [1.165, 1.54) is 0 Å². The quantitative estimate of drug-likeness (QED) is 0.817. The molecule has 0 saturated carbocycles. The van der Waals surface area contributed by atoms with Crippen LogP contribution in [-0.2, 0) is 6.54 Å². The van der Waals surface area contributed by atoms with Crippen LogP contribution >= 0.6 is 0 Å². The van der Waals surface area contributed by atoms with Gasteiger partial charge in [-0.25, -0.2) is 0 Å². The molecule has 5 nitrogen and oxygen atoms in total. The summed E-state index contributed by atoms with van der Waals surface area (Å²) in [5.41, 5.74) is 1.88. The van der Waals surface area contributed by atoms with Crippen LogP contribution in [-0.4, -0.2) is 36.1 Å². The molecule has 0 aliphatic heterocycles. The molecule has 0 radical (unpaired) electrons. The van der Waals surface area contributed by atoms with Gasteiger partial charge in [-0.05, 0) is 26.1 Å². The summed E-state index contributed by atoms with van der Waals surface area (Å²) in [6, 6.07) is 7.92. The number of aromatic nitrogens is 2. The van der Waals surface area contributed by atoms with E-state index in [-0.39, 0.29) is 6.04 Å². The van der Waals surface area contributed by atoms with Gasteiger partial charge in [-0.3, -0.25) is 14.9 Å². The van der Waals surface area contributed by atoms with E-state index in [0.29, 0.717) is 18.0 Å². The molecule has 2 aromatic heterocycles. The van der Waals surface area contributed by atoms with Crippen LogP contribution in [0.15, 0.2) is 36.7 Å². The van der Waals surface area contributed by atoms with E-state index >= 15 is 0 Å². The lowest BCUT2D eigenvalue weighted by Gasteiger charge is -2.24. The second kappa shape index (κ2) is 7.04. The molecule has 0 saturated heterocycles. The van der Waals surface area contributed by atoms with Gasteiger partial charge in [0, 0.05) is 31.0 Å². The highest BCUT2D eigenvalue weighted by molar-refractivity contribution is 5.42. The van der Waals surface area contributed by atoms with Crippen LogP contribution in [0.25, 0.3) is 0 Å². The first-order chi connectivity index (χ1) is 10.2. The lowest BCUT2D eigenvalue weighted by molar-refractivity contribution is 0.239. The Morgan fingerprint density at radius 2 is 1.90 bits per heavy atom. The van der Waals surface area contributed by atoms with Crippen molar-refractivity contribution in [1.82, 2.24) is 14.9 Å². The molecule has 1 unspecified atom stereocenters. The molecule has 0 aliphatic carbocycles. The molecular weight excluding hydrogens is 266 g/mol. The summed E-state index contributed by atoms with van der Waals surface area (Å²) < 4.78 is 10.7. The average Bonchev–Trinajstić information content (AvgIpc) is 2.54. The normalized spacial score (nSPS) is 12.2. The van der Waals surface area contributed by atoms with Crippen molar-refractivity contribution in [2.45, 2.75) is 19.5 Å². The van der Waals surface area contributed by atoms with Crippen molar-refractivity contribution in [2.24, 2.45) is 0 Å². The maximum Gasteiger partial charge on any atom is 0.183 e. The minimum absolute atomic E-state index is 0.184. The Hall–Kier alpha value is -2.14. The Morgan fingerprint density at radius 1 is 1.10 bits per heavy atom. The summed E-state index contributed by atoms with van der Waals surface area (Å²) in [4.78, 5) is 11.0. The molecule has 5 heteroatoms. The van der Waals surface area contributed by atoms with E-state index in [9.17, 15) is 0 Å². The molecular formula is C16H21N3O2. The van der Waals surface area contributed by atoms with Crippen LogP contribution in [0.5, 0.6) is 11.5 Å². The summed E-state index contributed by atoms with van der Waals surface area (Å²) in [5.74, 6) is 1.38. The molecule has 0 fully saturated rings. The molecule has 2 rings (SSSR count). The largest absolute Gasteiger partial charge is 0.493 e. The number of methoxy groups -OCH3 is 2.